The van der Waals surface area contributed by atoms with Crippen molar-refractivity contribution in [2.45, 2.75) is 12.8 Å². The summed E-state index contributed by atoms with van der Waals surface area (Å²) in [6, 6.07) is 0. The standard InChI is InChI=1S/C6H6Cl2O2/c7-3-4(8)6(1-2-6)5(9)10/h3H,1-2H2,(H,9,10). The molecular formula is C6H6Cl2O2. The number of rotatable bonds is 2. The van der Waals surface area contributed by atoms with Gasteiger partial charge in [-0.25, -0.2) is 0 Å². The van der Waals surface area contributed by atoms with E-state index in [1.807, 2.05) is 0 Å². The molecule has 0 aromatic heterocycles. The number of carboxylic acid groups (broad SMARTS) is 1. The molecule has 1 aliphatic carbocycles. The van der Waals surface area contributed by atoms with E-state index in [4.69, 9.17) is 28.3 Å². The molecule has 0 aromatic rings. The zero-order valence-corrected chi connectivity index (χ0v) is 6.61. The minimum absolute atomic E-state index is 0.238. The molecule has 2 nitrogen and oxygen atoms in total. The van der Waals surface area contributed by atoms with Gasteiger partial charge in [0, 0.05) is 10.6 Å². The summed E-state index contributed by atoms with van der Waals surface area (Å²) in [5.74, 6) is -0.880. The molecule has 1 aliphatic rings. The molecule has 0 saturated heterocycles. The topological polar surface area (TPSA) is 37.3 Å². The molecular weight excluding hydrogens is 175 g/mol. The third kappa shape index (κ3) is 1.02. The number of aliphatic carboxylic acids is 1. The molecule has 0 heterocycles. The Morgan fingerprint density at radius 2 is 2.10 bits per heavy atom. The SMILES string of the molecule is O=C(O)C1(C(Cl)=CCl)CC1. The summed E-state index contributed by atoms with van der Waals surface area (Å²) in [5.41, 5.74) is 0.298. The van der Waals surface area contributed by atoms with Gasteiger partial charge in [-0.3, -0.25) is 4.79 Å². The van der Waals surface area contributed by atoms with Crippen LogP contribution in [0.25, 0.3) is 0 Å². The smallest absolute Gasteiger partial charge is 0.315 e. The predicted molar refractivity (Wildman–Crippen MR) is 39.1 cm³/mol. The van der Waals surface area contributed by atoms with Crippen molar-refractivity contribution in [1.82, 2.24) is 0 Å². The first kappa shape index (κ1) is 7.89. The fourth-order valence-corrected chi connectivity index (χ4v) is 1.26. The molecule has 4 heteroatoms. The zero-order chi connectivity index (χ0) is 7.78. The second kappa shape index (κ2) is 2.44. The lowest BCUT2D eigenvalue weighted by molar-refractivity contribution is -0.141. The summed E-state index contributed by atoms with van der Waals surface area (Å²) in [4.78, 5) is 10.5. The van der Waals surface area contributed by atoms with E-state index in [0.29, 0.717) is 12.8 Å². The molecule has 1 saturated carbocycles. The molecule has 56 valence electrons. The van der Waals surface area contributed by atoms with Gasteiger partial charge in [0.2, 0.25) is 0 Å². The third-order valence-electron chi connectivity index (χ3n) is 1.71. The van der Waals surface area contributed by atoms with Gasteiger partial charge in [-0.05, 0) is 12.8 Å². The Balaban J connectivity index is 2.79. The molecule has 1 N–H and O–H groups in total. The molecule has 0 aromatic carbocycles. The summed E-state index contributed by atoms with van der Waals surface area (Å²) in [6.45, 7) is 0. The van der Waals surface area contributed by atoms with Gasteiger partial charge in [0.1, 0.15) is 5.41 Å². The maximum atomic E-state index is 10.5. The normalized spacial score (nSPS) is 22.4. The lowest BCUT2D eigenvalue weighted by Gasteiger charge is -2.04. The molecule has 1 rings (SSSR count). The quantitative estimate of drug-likeness (QED) is 0.708. The summed E-state index contributed by atoms with van der Waals surface area (Å²) in [5, 5.41) is 8.86. The van der Waals surface area contributed by atoms with Crippen molar-refractivity contribution < 1.29 is 9.90 Å². The van der Waals surface area contributed by atoms with E-state index >= 15 is 0 Å². The van der Waals surface area contributed by atoms with E-state index in [0.717, 1.165) is 5.54 Å². The summed E-state index contributed by atoms with van der Waals surface area (Å²) in [7, 11) is 0. The molecule has 0 unspecified atom stereocenters. The average molecular weight is 181 g/mol. The van der Waals surface area contributed by atoms with Crippen LogP contribution in [0.15, 0.2) is 10.6 Å². The fourth-order valence-electron chi connectivity index (χ4n) is 0.784. The van der Waals surface area contributed by atoms with Gasteiger partial charge in [0.15, 0.2) is 0 Å². The zero-order valence-electron chi connectivity index (χ0n) is 5.10. The molecule has 0 aliphatic heterocycles. The number of carbonyl (C=O) groups is 1. The highest BCUT2D eigenvalue weighted by Gasteiger charge is 2.53. The highest BCUT2D eigenvalue weighted by Crippen LogP contribution is 2.53. The Labute approximate surface area is 68.4 Å². The van der Waals surface area contributed by atoms with Crippen LogP contribution in [0.2, 0.25) is 0 Å². The first-order valence-electron chi connectivity index (χ1n) is 2.83. The van der Waals surface area contributed by atoms with Crippen molar-refractivity contribution in [2.24, 2.45) is 5.41 Å². The van der Waals surface area contributed by atoms with E-state index in [9.17, 15) is 4.79 Å². The predicted octanol–water partition coefficient (Wildman–Crippen LogP) is 2.17. The maximum Gasteiger partial charge on any atom is 0.315 e. The van der Waals surface area contributed by atoms with Crippen LogP contribution in [-0.2, 0) is 4.79 Å². The molecule has 10 heavy (non-hydrogen) atoms. The van der Waals surface area contributed by atoms with Gasteiger partial charge < -0.3 is 5.11 Å². The summed E-state index contributed by atoms with van der Waals surface area (Å²) < 4.78 is 0. The second-order valence-electron chi connectivity index (χ2n) is 2.34. The highest BCUT2D eigenvalue weighted by molar-refractivity contribution is 6.38. The van der Waals surface area contributed by atoms with Crippen LogP contribution in [-0.4, -0.2) is 11.1 Å². The Morgan fingerprint density at radius 3 is 2.20 bits per heavy atom. The fraction of sp³-hybridized carbons (Fsp3) is 0.500. The van der Waals surface area contributed by atoms with Gasteiger partial charge in [-0.15, -0.1) is 0 Å². The maximum absolute atomic E-state index is 10.5. The Hall–Kier alpha value is -0.210. The number of hydrogen-bond acceptors (Lipinski definition) is 1. The van der Waals surface area contributed by atoms with Crippen LogP contribution < -0.4 is 0 Å². The van der Waals surface area contributed by atoms with E-state index in [-0.39, 0.29) is 5.03 Å². The van der Waals surface area contributed by atoms with Gasteiger partial charge in [-0.2, -0.15) is 0 Å². The monoisotopic (exact) mass is 180 g/mol. The van der Waals surface area contributed by atoms with E-state index < -0.39 is 11.4 Å². The lowest BCUT2D eigenvalue weighted by Crippen LogP contribution is -2.14. The molecule has 0 radical (unpaired) electrons. The van der Waals surface area contributed by atoms with Crippen LogP contribution in [0, 0.1) is 5.41 Å². The first-order chi connectivity index (χ1) is 4.63. The second-order valence-corrected chi connectivity index (χ2v) is 2.97. The summed E-state index contributed by atoms with van der Waals surface area (Å²) >= 11 is 10.8. The Bertz CT molecular complexity index is 194. The van der Waals surface area contributed by atoms with E-state index in [1.54, 1.807) is 0 Å². The number of carboxylic acids is 1. The Morgan fingerprint density at radius 1 is 1.60 bits per heavy atom. The molecule has 0 bridgehead atoms. The van der Waals surface area contributed by atoms with Crippen molar-refractivity contribution in [1.29, 1.82) is 0 Å². The van der Waals surface area contributed by atoms with Gasteiger partial charge >= 0.3 is 5.97 Å². The van der Waals surface area contributed by atoms with Gasteiger partial charge in [0.25, 0.3) is 0 Å². The van der Waals surface area contributed by atoms with E-state index in [1.165, 1.54) is 0 Å². The molecule has 0 spiro atoms. The Kier molecular flexibility index (Phi) is 1.92. The van der Waals surface area contributed by atoms with Crippen molar-refractivity contribution in [2.75, 3.05) is 0 Å². The minimum atomic E-state index is -0.880. The average Bonchev–Trinajstić information content (AvgIpc) is 2.65. The van der Waals surface area contributed by atoms with Crippen molar-refractivity contribution >= 4 is 29.2 Å². The lowest BCUT2D eigenvalue weighted by atomic mass is 10.1. The molecule has 1 fully saturated rings. The van der Waals surface area contributed by atoms with Crippen molar-refractivity contribution in [3.05, 3.63) is 10.6 Å². The van der Waals surface area contributed by atoms with Crippen LogP contribution in [0.4, 0.5) is 0 Å². The number of halogens is 2. The number of hydrogen-bond donors (Lipinski definition) is 1. The third-order valence-corrected chi connectivity index (χ3v) is 2.51. The van der Waals surface area contributed by atoms with Gasteiger partial charge in [0.05, 0.1) is 0 Å². The van der Waals surface area contributed by atoms with Crippen LogP contribution >= 0.6 is 23.2 Å². The van der Waals surface area contributed by atoms with Crippen LogP contribution in [0.3, 0.4) is 0 Å². The first-order valence-corrected chi connectivity index (χ1v) is 3.65. The van der Waals surface area contributed by atoms with E-state index in [2.05, 4.69) is 0 Å². The summed E-state index contributed by atoms with van der Waals surface area (Å²) in [6.07, 6.45) is 1.20. The minimum Gasteiger partial charge on any atom is -0.481 e. The van der Waals surface area contributed by atoms with Crippen molar-refractivity contribution in [3.63, 3.8) is 0 Å². The van der Waals surface area contributed by atoms with Crippen LogP contribution in [0.5, 0.6) is 0 Å². The molecule has 0 atom stereocenters. The molecule has 0 amide bonds. The van der Waals surface area contributed by atoms with Gasteiger partial charge in [-0.1, -0.05) is 23.2 Å². The highest BCUT2D eigenvalue weighted by atomic mass is 35.5. The van der Waals surface area contributed by atoms with Crippen molar-refractivity contribution in [3.8, 4) is 0 Å². The largest absolute Gasteiger partial charge is 0.481 e. The van der Waals surface area contributed by atoms with Crippen LogP contribution in [0.1, 0.15) is 12.8 Å².